The van der Waals surface area contributed by atoms with Crippen molar-refractivity contribution in [3.05, 3.63) is 150 Å². The normalized spacial score (nSPS) is 26.2. The summed E-state index contributed by atoms with van der Waals surface area (Å²) in [6.07, 6.45) is 11.4. The van der Waals surface area contributed by atoms with Crippen LogP contribution in [-0.4, -0.2) is 0 Å². The van der Waals surface area contributed by atoms with Crippen molar-refractivity contribution in [2.45, 2.75) is 82.5 Å². The van der Waals surface area contributed by atoms with Crippen LogP contribution in [0.5, 0.6) is 0 Å². The molecule has 4 bridgehead atoms. The Labute approximate surface area is 309 Å². The molecule has 6 aromatic rings. The Bertz CT molecular complexity index is 2250. The van der Waals surface area contributed by atoms with Crippen LogP contribution in [0.3, 0.4) is 0 Å². The molecule has 0 heterocycles. The van der Waals surface area contributed by atoms with Gasteiger partial charge in [-0.2, -0.15) is 0 Å². The van der Waals surface area contributed by atoms with E-state index >= 15 is 0 Å². The summed E-state index contributed by atoms with van der Waals surface area (Å²) in [6, 6.07) is 49.4. The lowest BCUT2D eigenvalue weighted by molar-refractivity contribution is 0.420. The maximum Gasteiger partial charge on any atom is 0.0465 e. The van der Waals surface area contributed by atoms with E-state index in [9.17, 15) is 0 Å². The Morgan fingerprint density at radius 3 is 1.71 bits per heavy atom. The Morgan fingerprint density at radius 2 is 1.10 bits per heavy atom. The average Bonchev–Trinajstić information content (AvgIpc) is 4.04. The zero-order valence-electron chi connectivity index (χ0n) is 30.7. The lowest BCUT2D eigenvalue weighted by atomic mass is 9.81. The van der Waals surface area contributed by atoms with Crippen LogP contribution in [0.15, 0.2) is 127 Å². The minimum Gasteiger partial charge on any atom is -0.310 e. The van der Waals surface area contributed by atoms with Gasteiger partial charge in [-0.3, -0.25) is 0 Å². The summed E-state index contributed by atoms with van der Waals surface area (Å²) >= 11 is 0. The van der Waals surface area contributed by atoms with Crippen LogP contribution in [0.4, 0.5) is 17.1 Å². The van der Waals surface area contributed by atoms with E-state index in [4.69, 9.17) is 0 Å². The topological polar surface area (TPSA) is 3.24 Å². The van der Waals surface area contributed by atoms with Crippen LogP contribution in [0.1, 0.15) is 99.3 Å². The highest BCUT2D eigenvalue weighted by Crippen LogP contribution is 2.55. The zero-order valence-corrected chi connectivity index (χ0v) is 30.7. The molecule has 6 atom stereocenters. The van der Waals surface area contributed by atoms with E-state index in [0.717, 1.165) is 35.5 Å². The highest BCUT2D eigenvalue weighted by atomic mass is 15.1. The molecule has 6 aromatic carbocycles. The minimum absolute atomic E-state index is 0.0963. The van der Waals surface area contributed by atoms with Crippen molar-refractivity contribution >= 4 is 27.8 Å². The van der Waals surface area contributed by atoms with E-state index < -0.39 is 0 Å². The molecule has 1 heteroatoms. The van der Waals surface area contributed by atoms with Crippen molar-refractivity contribution in [2.24, 2.45) is 23.7 Å². The molecule has 4 saturated carbocycles. The summed E-state index contributed by atoms with van der Waals surface area (Å²) < 4.78 is 0. The summed E-state index contributed by atoms with van der Waals surface area (Å²) in [5, 5.41) is 2.60. The smallest absolute Gasteiger partial charge is 0.0465 e. The van der Waals surface area contributed by atoms with Gasteiger partial charge < -0.3 is 4.90 Å². The van der Waals surface area contributed by atoms with Gasteiger partial charge in [-0.25, -0.2) is 0 Å². The summed E-state index contributed by atoms with van der Waals surface area (Å²) in [5.74, 6) is 5.21. The Morgan fingerprint density at radius 1 is 0.481 bits per heavy atom. The molecule has 11 rings (SSSR count). The van der Waals surface area contributed by atoms with E-state index in [-0.39, 0.29) is 5.41 Å². The fourth-order valence-electron chi connectivity index (χ4n) is 12.0. The Balaban J connectivity index is 0.987. The van der Waals surface area contributed by atoms with Gasteiger partial charge in [0.1, 0.15) is 0 Å². The fourth-order valence-corrected chi connectivity index (χ4v) is 12.0. The van der Waals surface area contributed by atoms with E-state index in [2.05, 4.69) is 146 Å². The standard InChI is InChI=1S/C51H49N/c1-51(2)49-25-18-39(44-9-5-7-34-6-3-4-8-43(34)44)30-48(49)45-24-23-42(31-50(45)51)52(40-19-14-35(15-20-40)46-28-32-10-12-37(46)26-32)41-21-16-36(17-22-41)47-29-33-11-13-38(47)27-33/h3-9,14-25,30-33,37-38,46-47H,10-13,26-29H2,1-2H3. The van der Waals surface area contributed by atoms with E-state index in [1.807, 2.05) is 0 Å². The third kappa shape index (κ3) is 4.81. The average molecular weight is 676 g/mol. The fraction of sp³-hybridized carbons (Fsp3) is 0.333. The molecule has 4 fully saturated rings. The maximum absolute atomic E-state index is 2.52. The minimum atomic E-state index is -0.0963. The molecule has 1 nitrogen and oxygen atoms in total. The highest BCUT2D eigenvalue weighted by Gasteiger charge is 2.41. The number of benzene rings is 6. The van der Waals surface area contributed by atoms with E-state index in [1.165, 1.54) is 113 Å². The number of anilines is 3. The molecule has 0 spiro atoms. The van der Waals surface area contributed by atoms with Gasteiger partial charge in [0.25, 0.3) is 0 Å². The first-order chi connectivity index (χ1) is 25.5. The molecule has 0 N–H and O–H groups in total. The lowest BCUT2D eigenvalue weighted by Gasteiger charge is -2.29. The van der Waals surface area contributed by atoms with Gasteiger partial charge in [0.05, 0.1) is 0 Å². The third-order valence-electron chi connectivity index (χ3n) is 14.7. The van der Waals surface area contributed by atoms with Crippen molar-refractivity contribution in [3.63, 3.8) is 0 Å². The van der Waals surface area contributed by atoms with Gasteiger partial charge in [-0.1, -0.05) is 112 Å². The second-order valence-corrected chi connectivity index (χ2v) is 17.7. The van der Waals surface area contributed by atoms with Crippen LogP contribution >= 0.6 is 0 Å². The van der Waals surface area contributed by atoms with Crippen molar-refractivity contribution in [2.75, 3.05) is 4.90 Å². The zero-order chi connectivity index (χ0) is 34.6. The predicted octanol–water partition coefficient (Wildman–Crippen LogP) is 14.1. The third-order valence-corrected chi connectivity index (χ3v) is 14.7. The van der Waals surface area contributed by atoms with Crippen LogP contribution in [0, 0.1) is 23.7 Å². The highest BCUT2D eigenvalue weighted by molar-refractivity contribution is 5.98. The van der Waals surface area contributed by atoms with Gasteiger partial charge in [0.2, 0.25) is 0 Å². The summed E-state index contributed by atoms with van der Waals surface area (Å²) in [5.41, 5.74) is 14.9. The summed E-state index contributed by atoms with van der Waals surface area (Å²) in [6.45, 7) is 4.83. The molecule has 0 radical (unpaired) electrons. The summed E-state index contributed by atoms with van der Waals surface area (Å²) in [4.78, 5) is 2.52. The van der Waals surface area contributed by atoms with Gasteiger partial charge in [0.15, 0.2) is 0 Å². The molecule has 5 aliphatic rings. The van der Waals surface area contributed by atoms with Crippen molar-refractivity contribution in [1.82, 2.24) is 0 Å². The molecule has 6 unspecified atom stereocenters. The van der Waals surface area contributed by atoms with Crippen LogP contribution in [0.25, 0.3) is 33.0 Å². The molecule has 0 saturated heterocycles. The van der Waals surface area contributed by atoms with Gasteiger partial charge in [-0.05, 0) is 172 Å². The van der Waals surface area contributed by atoms with Crippen LogP contribution in [-0.2, 0) is 5.41 Å². The first kappa shape index (κ1) is 31.0. The Kier molecular flexibility index (Phi) is 6.96. The van der Waals surface area contributed by atoms with Crippen molar-refractivity contribution in [1.29, 1.82) is 0 Å². The van der Waals surface area contributed by atoms with Crippen molar-refractivity contribution in [3.8, 4) is 22.3 Å². The second kappa shape index (κ2) is 11.7. The van der Waals surface area contributed by atoms with E-state index in [0.29, 0.717) is 0 Å². The lowest BCUT2D eigenvalue weighted by Crippen LogP contribution is -2.17. The van der Waals surface area contributed by atoms with Gasteiger partial charge in [-0.15, -0.1) is 0 Å². The monoisotopic (exact) mass is 675 g/mol. The summed E-state index contributed by atoms with van der Waals surface area (Å²) in [7, 11) is 0. The molecule has 52 heavy (non-hydrogen) atoms. The van der Waals surface area contributed by atoms with E-state index in [1.54, 1.807) is 11.1 Å². The number of rotatable bonds is 6. The molecule has 5 aliphatic carbocycles. The number of hydrogen-bond acceptors (Lipinski definition) is 1. The SMILES string of the molecule is CC1(C)c2ccc(-c3cccc4ccccc34)cc2-c2ccc(N(c3ccc(C4CC5CCC4C5)cc3)c3ccc(C4CC5CCC4C5)cc3)cc21. The Hall–Kier alpha value is -4.62. The molecule has 258 valence electrons. The number of nitrogens with zero attached hydrogens (tertiary/aromatic N) is 1. The molecule has 0 amide bonds. The quantitative estimate of drug-likeness (QED) is 0.170. The van der Waals surface area contributed by atoms with Crippen molar-refractivity contribution < 1.29 is 0 Å². The number of hydrogen-bond donors (Lipinski definition) is 0. The molecular weight excluding hydrogens is 627 g/mol. The first-order valence-corrected chi connectivity index (χ1v) is 20.3. The maximum atomic E-state index is 2.52. The first-order valence-electron chi connectivity index (χ1n) is 20.3. The molecular formula is C51H49N. The molecule has 0 aliphatic heterocycles. The van der Waals surface area contributed by atoms with Crippen LogP contribution < -0.4 is 4.90 Å². The van der Waals surface area contributed by atoms with Gasteiger partial charge in [0, 0.05) is 22.5 Å². The largest absolute Gasteiger partial charge is 0.310 e. The number of fused-ring (bicyclic) bond motifs is 8. The predicted molar refractivity (Wildman–Crippen MR) is 218 cm³/mol. The van der Waals surface area contributed by atoms with Crippen LogP contribution in [0.2, 0.25) is 0 Å². The second-order valence-electron chi connectivity index (χ2n) is 17.7. The molecule has 0 aromatic heterocycles. The van der Waals surface area contributed by atoms with Gasteiger partial charge >= 0.3 is 0 Å².